The van der Waals surface area contributed by atoms with Gasteiger partial charge in [-0.2, -0.15) is 0 Å². The molecule has 0 aromatic heterocycles. The summed E-state index contributed by atoms with van der Waals surface area (Å²) in [6.07, 6.45) is 0. The van der Waals surface area contributed by atoms with Crippen LogP contribution in [0.4, 0.5) is 5.69 Å². The smallest absolute Gasteiger partial charge is 0.262 e. The van der Waals surface area contributed by atoms with Crippen molar-refractivity contribution in [3.63, 3.8) is 0 Å². The summed E-state index contributed by atoms with van der Waals surface area (Å²) in [7, 11) is 0. The number of ether oxygens (including phenoxy) is 1. The van der Waals surface area contributed by atoms with Crippen LogP contribution in [0.3, 0.4) is 0 Å². The normalized spacial score (nSPS) is 10.7. The Morgan fingerprint density at radius 1 is 1.13 bits per heavy atom. The number of carbonyl (C=O) groups is 1. The van der Waals surface area contributed by atoms with Gasteiger partial charge in [-0.3, -0.25) is 4.79 Å². The zero-order valence-corrected chi connectivity index (χ0v) is 15.0. The average Bonchev–Trinajstić information content (AvgIpc) is 2.49. The number of hydrogen-bond acceptors (Lipinski definition) is 2. The van der Waals surface area contributed by atoms with Crippen LogP contribution in [0, 0.1) is 0 Å². The van der Waals surface area contributed by atoms with Crippen LogP contribution < -0.4 is 10.1 Å². The molecule has 0 unspecified atom stereocenters. The average molecular weight is 373 g/mol. The maximum atomic E-state index is 12.0. The third-order valence-electron chi connectivity index (χ3n) is 3.17. The molecule has 2 rings (SSSR count). The number of benzene rings is 2. The summed E-state index contributed by atoms with van der Waals surface area (Å²) in [6.45, 7) is 4.05. The van der Waals surface area contributed by atoms with Crippen molar-refractivity contribution in [1.82, 2.24) is 0 Å². The molecule has 0 fully saturated rings. The number of carbonyl (C=O) groups excluding carboxylic acids is 1. The second kappa shape index (κ2) is 7.91. The first-order valence-corrected chi connectivity index (χ1v) is 8.17. The highest BCUT2D eigenvalue weighted by Gasteiger charge is 2.12. The van der Waals surface area contributed by atoms with Crippen LogP contribution in [0.5, 0.6) is 5.75 Å². The van der Waals surface area contributed by atoms with E-state index in [1.807, 2.05) is 18.2 Å². The van der Waals surface area contributed by atoms with Crippen LogP contribution >= 0.6 is 34.8 Å². The molecular formula is C17H16Cl3NO2. The van der Waals surface area contributed by atoms with E-state index in [1.165, 1.54) is 12.1 Å². The number of halogens is 3. The number of nitrogens with one attached hydrogen (secondary N) is 1. The lowest BCUT2D eigenvalue weighted by molar-refractivity contribution is -0.118. The van der Waals surface area contributed by atoms with Crippen LogP contribution in [0.25, 0.3) is 0 Å². The monoisotopic (exact) mass is 371 g/mol. The minimum atomic E-state index is -0.355. The number of hydrogen-bond donors (Lipinski definition) is 1. The molecule has 0 aliphatic carbocycles. The van der Waals surface area contributed by atoms with Gasteiger partial charge in [-0.1, -0.05) is 60.8 Å². The molecule has 0 saturated carbocycles. The topological polar surface area (TPSA) is 38.3 Å². The van der Waals surface area contributed by atoms with Gasteiger partial charge in [0.25, 0.3) is 5.91 Å². The largest absolute Gasteiger partial charge is 0.484 e. The van der Waals surface area contributed by atoms with E-state index in [-0.39, 0.29) is 22.6 Å². The quantitative estimate of drug-likeness (QED) is 0.721. The molecule has 122 valence electrons. The summed E-state index contributed by atoms with van der Waals surface area (Å²) in [6, 6.07) is 10.7. The molecule has 0 heterocycles. The summed E-state index contributed by atoms with van der Waals surface area (Å²) in [5.74, 6) is 0.671. The Labute approximate surface area is 150 Å². The molecule has 1 N–H and O–H groups in total. The van der Waals surface area contributed by atoms with E-state index in [1.54, 1.807) is 6.07 Å². The molecule has 0 spiro atoms. The summed E-state index contributed by atoms with van der Waals surface area (Å²) < 4.78 is 5.51. The minimum absolute atomic E-state index is 0.142. The SMILES string of the molecule is CC(C)c1cccc(OCC(=O)Nc2c(Cl)cc(Cl)cc2Cl)c1. The maximum Gasteiger partial charge on any atom is 0.262 e. The number of anilines is 1. The van der Waals surface area contributed by atoms with Crippen molar-refractivity contribution in [2.75, 3.05) is 11.9 Å². The molecule has 0 atom stereocenters. The van der Waals surface area contributed by atoms with E-state index in [4.69, 9.17) is 39.5 Å². The molecule has 0 radical (unpaired) electrons. The Kier molecular flexibility index (Phi) is 6.17. The highest BCUT2D eigenvalue weighted by atomic mass is 35.5. The third-order valence-corrected chi connectivity index (χ3v) is 3.98. The summed E-state index contributed by atoms with van der Waals surface area (Å²) in [5, 5.41) is 3.58. The molecule has 1 amide bonds. The molecular weight excluding hydrogens is 357 g/mol. The van der Waals surface area contributed by atoms with Crippen molar-refractivity contribution in [2.24, 2.45) is 0 Å². The Balaban J connectivity index is 2.00. The number of amides is 1. The summed E-state index contributed by atoms with van der Waals surface area (Å²) in [5.41, 5.74) is 1.47. The molecule has 0 aliphatic rings. The third kappa shape index (κ3) is 5.03. The standard InChI is InChI=1S/C17H16Cl3NO2/c1-10(2)11-4-3-5-13(6-11)23-9-16(22)21-17-14(19)7-12(18)8-15(17)20/h3-8,10H,9H2,1-2H3,(H,21,22). The van der Waals surface area contributed by atoms with Crippen molar-refractivity contribution in [3.05, 3.63) is 57.0 Å². The van der Waals surface area contributed by atoms with E-state index in [0.717, 1.165) is 5.56 Å². The molecule has 2 aromatic rings. The first-order chi connectivity index (χ1) is 10.9. The van der Waals surface area contributed by atoms with Crippen molar-refractivity contribution < 1.29 is 9.53 Å². The van der Waals surface area contributed by atoms with Crippen molar-refractivity contribution >= 4 is 46.4 Å². The second-order valence-corrected chi connectivity index (χ2v) is 6.56. The fraction of sp³-hybridized carbons (Fsp3) is 0.235. The van der Waals surface area contributed by atoms with Gasteiger partial charge in [0, 0.05) is 5.02 Å². The Hall–Kier alpha value is -1.42. The minimum Gasteiger partial charge on any atom is -0.484 e. The molecule has 23 heavy (non-hydrogen) atoms. The molecule has 0 saturated heterocycles. The molecule has 6 heteroatoms. The highest BCUT2D eigenvalue weighted by molar-refractivity contribution is 6.42. The number of rotatable bonds is 5. The van der Waals surface area contributed by atoms with Gasteiger partial charge >= 0.3 is 0 Å². The van der Waals surface area contributed by atoms with Crippen molar-refractivity contribution in [3.8, 4) is 5.75 Å². The van der Waals surface area contributed by atoms with Crippen molar-refractivity contribution in [2.45, 2.75) is 19.8 Å². The van der Waals surface area contributed by atoms with Crippen LogP contribution in [0.1, 0.15) is 25.3 Å². The summed E-state index contributed by atoms with van der Waals surface area (Å²) >= 11 is 17.9. The van der Waals surface area contributed by atoms with Gasteiger partial charge in [-0.05, 0) is 35.7 Å². The fourth-order valence-corrected chi connectivity index (χ4v) is 2.86. The summed E-state index contributed by atoms with van der Waals surface area (Å²) in [4.78, 5) is 12.0. The predicted octanol–water partition coefficient (Wildman–Crippen LogP) is 5.79. The zero-order valence-electron chi connectivity index (χ0n) is 12.7. The van der Waals surface area contributed by atoms with E-state index >= 15 is 0 Å². The van der Waals surface area contributed by atoms with E-state index in [9.17, 15) is 4.79 Å². The van der Waals surface area contributed by atoms with Gasteiger partial charge in [0.2, 0.25) is 0 Å². The first kappa shape index (κ1) is 17.9. The van der Waals surface area contributed by atoms with Gasteiger partial charge < -0.3 is 10.1 Å². The van der Waals surface area contributed by atoms with Gasteiger partial charge in [-0.15, -0.1) is 0 Å². The highest BCUT2D eigenvalue weighted by Crippen LogP contribution is 2.33. The lowest BCUT2D eigenvalue weighted by Crippen LogP contribution is -2.20. The maximum absolute atomic E-state index is 12.0. The zero-order chi connectivity index (χ0) is 17.0. The van der Waals surface area contributed by atoms with Crippen LogP contribution in [-0.2, 0) is 4.79 Å². The first-order valence-electron chi connectivity index (χ1n) is 7.04. The second-order valence-electron chi connectivity index (χ2n) is 5.31. The Bertz CT molecular complexity index is 694. The van der Waals surface area contributed by atoms with E-state index < -0.39 is 0 Å². The fourth-order valence-electron chi connectivity index (χ4n) is 1.95. The van der Waals surface area contributed by atoms with E-state index in [2.05, 4.69) is 19.2 Å². The lowest BCUT2D eigenvalue weighted by atomic mass is 10.0. The van der Waals surface area contributed by atoms with Crippen LogP contribution in [0.15, 0.2) is 36.4 Å². The Morgan fingerprint density at radius 2 is 1.78 bits per heavy atom. The van der Waals surface area contributed by atoms with Gasteiger partial charge in [0.15, 0.2) is 6.61 Å². The predicted molar refractivity (Wildman–Crippen MR) is 96.1 cm³/mol. The van der Waals surface area contributed by atoms with Gasteiger partial charge in [-0.25, -0.2) is 0 Å². The van der Waals surface area contributed by atoms with E-state index in [0.29, 0.717) is 22.4 Å². The molecule has 0 aliphatic heterocycles. The van der Waals surface area contributed by atoms with Crippen LogP contribution in [-0.4, -0.2) is 12.5 Å². The lowest BCUT2D eigenvalue weighted by Gasteiger charge is -2.12. The van der Waals surface area contributed by atoms with Gasteiger partial charge in [0.05, 0.1) is 15.7 Å². The Morgan fingerprint density at radius 3 is 2.39 bits per heavy atom. The molecule has 0 bridgehead atoms. The van der Waals surface area contributed by atoms with Crippen molar-refractivity contribution in [1.29, 1.82) is 0 Å². The van der Waals surface area contributed by atoms with Crippen LogP contribution in [0.2, 0.25) is 15.1 Å². The van der Waals surface area contributed by atoms with Gasteiger partial charge in [0.1, 0.15) is 5.75 Å². The molecule has 3 nitrogen and oxygen atoms in total. The molecule has 2 aromatic carbocycles.